The number of hydrogen-bond donors (Lipinski definition) is 2. The number of nitrogens with one attached hydrogen (secondary N) is 1. The molecule has 2 rings (SSSR count). The molecule has 20 heavy (non-hydrogen) atoms. The number of benzene rings is 1. The second-order valence-corrected chi connectivity index (χ2v) is 5.71. The average Bonchev–Trinajstić information content (AvgIpc) is 2.34. The average molecular weight is 291 g/mol. The van der Waals surface area contributed by atoms with E-state index >= 15 is 0 Å². The number of rotatable bonds is 6. The Bertz CT molecular complexity index is 500. The molecule has 0 aliphatic heterocycles. The summed E-state index contributed by atoms with van der Waals surface area (Å²) in [7, 11) is 2.08. The van der Waals surface area contributed by atoms with Crippen LogP contribution in [0.2, 0.25) is 0 Å². The maximum atomic E-state index is 12.0. The fraction of sp³-hybridized carbons (Fsp3) is 0.467. The van der Waals surface area contributed by atoms with Gasteiger partial charge in [-0.05, 0) is 32.0 Å². The number of para-hydroxylation sites is 1. The van der Waals surface area contributed by atoms with E-state index in [1.54, 1.807) is 0 Å². The molecule has 0 bridgehead atoms. The van der Waals surface area contributed by atoms with E-state index in [9.17, 15) is 4.79 Å². The van der Waals surface area contributed by atoms with Crippen LogP contribution in [0.15, 0.2) is 24.3 Å². The first-order valence-corrected chi connectivity index (χ1v) is 7.37. The van der Waals surface area contributed by atoms with Gasteiger partial charge in [0, 0.05) is 24.6 Å². The quantitative estimate of drug-likeness (QED) is 0.788. The van der Waals surface area contributed by atoms with Crippen molar-refractivity contribution < 1.29 is 4.79 Å². The number of carbonyl (C=O) groups is 1. The predicted molar refractivity (Wildman–Crippen MR) is 85.8 cm³/mol. The Morgan fingerprint density at radius 1 is 1.45 bits per heavy atom. The van der Waals surface area contributed by atoms with Crippen LogP contribution in [0.5, 0.6) is 0 Å². The lowest BCUT2D eigenvalue weighted by Gasteiger charge is -2.34. The van der Waals surface area contributed by atoms with Gasteiger partial charge in [0.1, 0.15) is 4.99 Å². The largest absolute Gasteiger partial charge is 0.389 e. The Morgan fingerprint density at radius 2 is 2.15 bits per heavy atom. The molecule has 1 aliphatic carbocycles. The maximum Gasteiger partial charge on any atom is 0.225 e. The van der Waals surface area contributed by atoms with Gasteiger partial charge in [-0.15, -0.1) is 0 Å². The summed E-state index contributed by atoms with van der Waals surface area (Å²) in [4.78, 5) is 14.6. The van der Waals surface area contributed by atoms with Crippen LogP contribution in [0.25, 0.3) is 0 Å². The number of nitrogens with two attached hydrogens (primary N) is 1. The molecule has 0 aromatic heterocycles. The third kappa shape index (κ3) is 3.77. The van der Waals surface area contributed by atoms with Gasteiger partial charge in [-0.25, -0.2) is 0 Å². The minimum absolute atomic E-state index is 0.000117. The van der Waals surface area contributed by atoms with Gasteiger partial charge in [0.15, 0.2) is 0 Å². The number of anilines is 1. The van der Waals surface area contributed by atoms with Crippen molar-refractivity contribution in [2.75, 3.05) is 18.9 Å². The Balaban J connectivity index is 1.86. The number of hydrogen-bond acceptors (Lipinski definition) is 3. The summed E-state index contributed by atoms with van der Waals surface area (Å²) in [6, 6.07) is 8.01. The van der Waals surface area contributed by atoms with E-state index < -0.39 is 0 Å². The molecule has 1 saturated carbocycles. The van der Waals surface area contributed by atoms with Crippen molar-refractivity contribution in [3.63, 3.8) is 0 Å². The summed E-state index contributed by atoms with van der Waals surface area (Å²) < 4.78 is 0. The van der Waals surface area contributed by atoms with Crippen molar-refractivity contribution in [3.8, 4) is 0 Å². The zero-order valence-electron chi connectivity index (χ0n) is 11.8. The van der Waals surface area contributed by atoms with Gasteiger partial charge >= 0.3 is 0 Å². The zero-order chi connectivity index (χ0) is 14.5. The first kappa shape index (κ1) is 14.9. The Morgan fingerprint density at radius 3 is 2.75 bits per heavy atom. The SMILES string of the molecule is CN(CCC(=O)Nc1ccccc1C(N)=S)C1CCC1. The minimum Gasteiger partial charge on any atom is -0.389 e. The van der Waals surface area contributed by atoms with Crippen molar-refractivity contribution in [2.24, 2.45) is 5.73 Å². The maximum absolute atomic E-state index is 12.0. The molecule has 4 nitrogen and oxygen atoms in total. The van der Waals surface area contributed by atoms with Crippen LogP contribution in [-0.2, 0) is 4.79 Å². The van der Waals surface area contributed by atoms with Crippen LogP contribution in [0, 0.1) is 0 Å². The Labute approximate surface area is 125 Å². The summed E-state index contributed by atoms with van der Waals surface area (Å²) >= 11 is 4.98. The molecule has 0 heterocycles. The molecular formula is C15H21N3OS. The Hall–Kier alpha value is -1.46. The molecule has 1 fully saturated rings. The van der Waals surface area contributed by atoms with E-state index in [2.05, 4.69) is 17.3 Å². The lowest BCUT2D eigenvalue weighted by Crippen LogP contribution is -2.38. The molecule has 0 saturated heterocycles. The molecule has 1 aromatic carbocycles. The number of amides is 1. The van der Waals surface area contributed by atoms with Crippen LogP contribution in [0.4, 0.5) is 5.69 Å². The molecule has 0 radical (unpaired) electrons. The number of thiocarbonyl (C=S) groups is 1. The van der Waals surface area contributed by atoms with Crippen LogP contribution in [0.3, 0.4) is 0 Å². The molecule has 0 atom stereocenters. The van der Waals surface area contributed by atoms with Crippen molar-refractivity contribution in [2.45, 2.75) is 31.7 Å². The fourth-order valence-electron chi connectivity index (χ4n) is 2.31. The molecule has 5 heteroatoms. The van der Waals surface area contributed by atoms with E-state index in [0.29, 0.717) is 28.7 Å². The van der Waals surface area contributed by atoms with Gasteiger partial charge in [-0.1, -0.05) is 30.8 Å². The molecule has 0 spiro atoms. The second kappa shape index (κ2) is 6.81. The smallest absolute Gasteiger partial charge is 0.225 e. The summed E-state index contributed by atoms with van der Waals surface area (Å²) in [5.74, 6) is -0.000117. The van der Waals surface area contributed by atoms with E-state index in [0.717, 1.165) is 6.54 Å². The highest BCUT2D eigenvalue weighted by Crippen LogP contribution is 2.23. The van der Waals surface area contributed by atoms with Gasteiger partial charge < -0.3 is 16.0 Å². The van der Waals surface area contributed by atoms with Crippen LogP contribution in [-0.4, -0.2) is 35.4 Å². The first-order valence-electron chi connectivity index (χ1n) is 6.97. The van der Waals surface area contributed by atoms with Crippen molar-refractivity contribution >= 4 is 28.8 Å². The highest BCUT2D eigenvalue weighted by molar-refractivity contribution is 7.80. The summed E-state index contributed by atoms with van der Waals surface area (Å²) in [6.45, 7) is 0.783. The Kier molecular flexibility index (Phi) is 5.09. The van der Waals surface area contributed by atoms with Crippen molar-refractivity contribution in [1.29, 1.82) is 0 Å². The van der Waals surface area contributed by atoms with E-state index in [1.807, 2.05) is 24.3 Å². The van der Waals surface area contributed by atoms with Gasteiger partial charge in [0.2, 0.25) is 5.91 Å². The minimum atomic E-state index is -0.000117. The topological polar surface area (TPSA) is 58.4 Å². The third-order valence-electron chi connectivity index (χ3n) is 3.86. The highest BCUT2D eigenvalue weighted by Gasteiger charge is 2.22. The summed E-state index contributed by atoms with van der Waals surface area (Å²) in [6.07, 6.45) is 4.30. The molecule has 1 aliphatic rings. The second-order valence-electron chi connectivity index (χ2n) is 5.27. The molecule has 0 unspecified atom stereocenters. The normalized spacial score (nSPS) is 14.9. The molecule has 108 valence electrons. The van der Waals surface area contributed by atoms with Crippen LogP contribution >= 0.6 is 12.2 Å². The molecule has 3 N–H and O–H groups in total. The lowest BCUT2D eigenvalue weighted by atomic mass is 9.92. The van der Waals surface area contributed by atoms with E-state index in [1.165, 1.54) is 19.3 Å². The van der Waals surface area contributed by atoms with Crippen LogP contribution in [0.1, 0.15) is 31.2 Å². The van der Waals surface area contributed by atoms with Crippen LogP contribution < -0.4 is 11.1 Å². The highest BCUT2D eigenvalue weighted by atomic mass is 32.1. The number of nitrogens with zero attached hydrogens (tertiary/aromatic N) is 1. The van der Waals surface area contributed by atoms with Gasteiger partial charge in [-0.3, -0.25) is 4.79 Å². The summed E-state index contributed by atoms with van der Waals surface area (Å²) in [5, 5.41) is 2.89. The number of carbonyl (C=O) groups excluding carboxylic acids is 1. The summed E-state index contributed by atoms with van der Waals surface area (Å²) in [5.41, 5.74) is 7.05. The lowest BCUT2D eigenvalue weighted by molar-refractivity contribution is -0.116. The predicted octanol–water partition coefficient (Wildman–Crippen LogP) is 2.13. The molecule has 1 amide bonds. The molecule has 1 aromatic rings. The van der Waals surface area contributed by atoms with Gasteiger partial charge in [0.25, 0.3) is 0 Å². The van der Waals surface area contributed by atoms with E-state index in [4.69, 9.17) is 18.0 Å². The van der Waals surface area contributed by atoms with Gasteiger partial charge in [-0.2, -0.15) is 0 Å². The first-order chi connectivity index (χ1) is 9.58. The van der Waals surface area contributed by atoms with Crippen molar-refractivity contribution in [1.82, 2.24) is 4.90 Å². The monoisotopic (exact) mass is 291 g/mol. The molecular weight excluding hydrogens is 270 g/mol. The van der Waals surface area contributed by atoms with Crippen molar-refractivity contribution in [3.05, 3.63) is 29.8 Å². The van der Waals surface area contributed by atoms with Gasteiger partial charge in [0.05, 0.1) is 5.69 Å². The zero-order valence-corrected chi connectivity index (χ0v) is 12.6. The fourth-order valence-corrected chi connectivity index (χ4v) is 2.49. The third-order valence-corrected chi connectivity index (χ3v) is 4.08. The standard InChI is InChI=1S/C15H21N3OS/c1-18(11-5-4-6-11)10-9-14(19)17-13-8-3-2-7-12(13)15(16)20/h2-3,7-8,11H,4-6,9-10H2,1H3,(H2,16,20)(H,17,19). The van der Waals surface area contributed by atoms with E-state index in [-0.39, 0.29) is 5.91 Å².